The quantitative estimate of drug-likeness (QED) is 0.694. The standard InChI is InChI=1S/C20H30F3NO/c1-24(18(25)16-3-2-4-17(8-16)20(21,22)23)12-19-9-13-5-14(10-19)7-15(6-13)11-19/h13-17H,2-12H2,1H3. The molecular formula is C20H30F3NO. The fourth-order valence-electron chi connectivity index (χ4n) is 7.09. The lowest BCUT2D eigenvalue weighted by Gasteiger charge is -2.57. The Hall–Kier alpha value is -0.740. The summed E-state index contributed by atoms with van der Waals surface area (Å²) in [5.41, 5.74) is 0.261. The SMILES string of the molecule is CN(CC12CC3CC(CC(C3)C1)C2)C(=O)C1CCCC(C(F)(F)F)C1. The normalized spacial score (nSPS) is 43.3. The van der Waals surface area contributed by atoms with Gasteiger partial charge in [-0.05, 0) is 81.0 Å². The first-order valence-electron chi connectivity index (χ1n) is 10.1. The van der Waals surface area contributed by atoms with Crippen LogP contribution < -0.4 is 0 Å². The summed E-state index contributed by atoms with van der Waals surface area (Å²) in [7, 11) is 1.83. The molecule has 25 heavy (non-hydrogen) atoms. The van der Waals surface area contributed by atoms with Crippen LogP contribution in [0.2, 0.25) is 0 Å². The molecule has 4 bridgehead atoms. The first kappa shape index (κ1) is 17.7. The number of alkyl halides is 3. The molecule has 5 aliphatic carbocycles. The predicted octanol–water partition coefficient (Wildman–Crippen LogP) is 5.03. The van der Waals surface area contributed by atoms with Crippen molar-refractivity contribution in [1.82, 2.24) is 4.90 Å². The maximum absolute atomic E-state index is 13.0. The van der Waals surface area contributed by atoms with Gasteiger partial charge in [0.2, 0.25) is 5.91 Å². The van der Waals surface area contributed by atoms with Crippen molar-refractivity contribution >= 4 is 5.91 Å². The maximum Gasteiger partial charge on any atom is 0.391 e. The van der Waals surface area contributed by atoms with Crippen LogP contribution in [0.1, 0.15) is 64.2 Å². The highest BCUT2D eigenvalue weighted by atomic mass is 19.4. The average molecular weight is 357 g/mol. The molecule has 5 heteroatoms. The van der Waals surface area contributed by atoms with Gasteiger partial charge in [-0.15, -0.1) is 0 Å². The van der Waals surface area contributed by atoms with Crippen molar-refractivity contribution in [1.29, 1.82) is 0 Å². The van der Waals surface area contributed by atoms with Gasteiger partial charge < -0.3 is 4.90 Å². The molecule has 5 rings (SSSR count). The van der Waals surface area contributed by atoms with Crippen LogP contribution >= 0.6 is 0 Å². The van der Waals surface area contributed by atoms with Gasteiger partial charge in [-0.3, -0.25) is 4.79 Å². The number of rotatable bonds is 3. The fourth-order valence-corrected chi connectivity index (χ4v) is 7.09. The zero-order valence-corrected chi connectivity index (χ0v) is 15.2. The van der Waals surface area contributed by atoms with E-state index < -0.39 is 18.0 Å². The topological polar surface area (TPSA) is 20.3 Å². The van der Waals surface area contributed by atoms with E-state index in [4.69, 9.17) is 0 Å². The van der Waals surface area contributed by atoms with E-state index in [0.29, 0.717) is 12.8 Å². The lowest BCUT2D eigenvalue weighted by molar-refractivity contribution is -0.187. The van der Waals surface area contributed by atoms with Crippen LogP contribution in [0.5, 0.6) is 0 Å². The number of hydrogen-bond donors (Lipinski definition) is 0. The molecule has 0 aromatic carbocycles. The molecule has 0 saturated heterocycles. The molecule has 1 amide bonds. The minimum atomic E-state index is -4.16. The van der Waals surface area contributed by atoms with E-state index in [1.807, 2.05) is 7.05 Å². The van der Waals surface area contributed by atoms with Gasteiger partial charge in [-0.1, -0.05) is 6.42 Å². The zero-order chi connectivity index (χ0) is 17.8. The van der Waals surface area contributed by atoms with Gasteiger partial charge in [0.1, 0.15) is 0 Å². The van der Waals surface area contributed by atoms with E-state index in [2.05, 4.69) is 0 Å². The second-order valence-electron chi connectivity index (χ2n) is 9.71. The maximum atomic E-state index is 13.0. The molecule has 0 heterocycles. The summed E-state index contributed by atoms with van der Waals surface area (Å²) in [4.78, 5) is 14.7. The third-order valence-corrected chi connectivity index (χ3v) is 7.60. The van der Waals surface area contributed by atoms with Crippen LogP contribution in [-0.2, 0) is 4.79 Å². The van der Waals surface area contributed by atoms with E-state index in [9.17, 15) is 18.0 Å². The van der Waals surface area contributed by atoms with Crippen LogP contribution in [-0.4, -0.2) is 30.6 Å². The summed E-state index contributed by atoms with van der Waals surface area (Å²) >= 11 is 0. The molecular weight excluding hydrogens is 327 g/mol. The van der Waals surface area contributed by atoms with E-state index in [-0.39, 0.29) is 24.2 Å². The van der Waals surface area contributed by atoms with Crippen molar-refractivity contribution < 1.29 is 18.0 Å². The fraction of sp³-hybridized carbons (Fsp3) is 0.950. The van der Waals surface area contributed by atoms with Crippen LogP contribution in [0, 0.1) is 35.0 Å². The van der Waals surface area contributed by atoms with Gasteiger partial charge >= 0.3 is 6.18 Å². The molecule has 5 saturated carbocycles. The third-order valence-electron chi connectivity index (χ3n) is 7.60. The summed E-state index contributed by atoms with van der Waals surface area (Å²) < 4.78 is 39.1. The second kappa shape index (κ2) is 6.16. The first-order chi connectivity index (χ1) is 11.7. The number of hydrogen-bond acceptors (Lipinski definition) is 1. The summed E-state index contributed by atoms with van der Waals surface area (Å²) in [5.74, 6) is 0.740. The highest BCUT2D eigenvalue weighted by molar-refractivity contribution is 5.78. The minimum Gasteiger partial charge on any atom is -0.345 e. The Morgan fingerprint density at radius 1 is 1.00 bits per heavy atom. The first-order valence-corrected chi connectivity index (χ1v) is 10.1. The smallest absolute Gasteiger partial charge is 0.345 e. The van der Waals surface area contributed by atoms with Gasteiger partial charge in [0, 0.05) is 19.5 Å². The van der Waals surface area contributed by atoms with E-state index >= 15 is 0 Å². The molecule has 0 N–H and O–H groups in total. The molecule has 0 radical (unpaired) electrons. The molecule has 0 aliphatic heterocycles. The molecule has 2 nitrogen and oxygen atoms in total. The van der Waals surface area contributed by atoms with Crippen molar-refractivity contribution in [3.63, 3.8) is 0 Å². The Morgan fingerprint density at radius 2 is 1.56 bits per heavy atom. The van der Waals surface area contributed by atoms with Crippen LogP contribution in [0.25, 0.3) is 0 Å². The summed E-state index contributed by atoms with van der Waals surface area (Å²) in [6.07, 6.45) is 4.96. The Kier molecular flexibility index (Phi) is 4.35. The number of nitrogens with zero attached hydrogens (tertiary/aromatic N) is 1. The Labute approximate surface area is 148 Å². The predicted molar refractivity (Wildman–Crippen MR) is 89.7 cm³/mol. The molecule has 5 fully saturated rings. The number of carbonyl (C=O) groups excluding carboxylic acids is 1. The number of halogens is 3. The molecule has 0 aromatic heterocycles. The Bertz CT molecular complexity index is 494. The van der Waals surface area contributed by atoms with E-state index in [0.717, 1.165) is 24.3 Å². The van der Waals surface area contributed by atoms with Crippen molar-refractivity contribution in [3.05, 3.63) is 0 Å². The van der Waals surface area contributed by atoms with Gasteiger partial charge in [0.15, 0.2) is 0 Å². The molecule has 0 aromatic rings. The molecule has 142 valence electrons. The van der Waals surface area contributed by atoms with E-state index in [1.165, 1.54) is 38.5 Å². The Balaban J connectivity index is 1.39. The van der Waals surface area contributed by atoms with Gasteiger partial charge in [-0.2, -0.15) is 13.2 Å². The number of amides is 1. The average Bonchev–Trinajstić information content (AvgIpc) is 2.51. The monoisotopic (exact) mass is 357 g/mol. The van der Waals surface area contributed by atoms with Crippen molar-refractivity contribution in [2.75, 3.05) is 13.6 Å². The number of carbonyl (C=O) groups is 1. The van der Waals surface area contributed by atoms with Gasteiger partial charge in [-0.25, -0.2) is 0 Å². The lowest BCUT2D eigenvalue weighted by atomic mass is 9.49. The summed E-state index contributed by atoms with van der Waals surface area (Å²) in [6, 6.07) is 0. The molecule has 0 spiro atoms. The lowest BCUT2D eigenvalue weighted by Crippen LogP contribution is -2.52. The highest BCUT2D eigenvalue weighted by Gasteiger charge is 2.52. The second-order valence-corrected chi connectivity index (χ2v) is 9.71. The van der Waals surface area contributed by atoms with Gasteiger partial charge in [0.25, 0.3) is 0 Å². The molecule has 2 atom stereocenters. The molecule has 5 aliphatic rings. The zero-order valence-electron chi connectivity index (χ0n) is 15.2. The summed E-state index contributed by atoms with van der Waals surface area (Å²) in [6.45, 7) is 0.766. The van der Waals surface area contributed by atoms with Crippen LogP contribution in [0.4, 0.5) is 13.2 Å². The van der Waals surface area contributed by atoms with Crippen LogP contribution in [0.15, 0.2) is 0 Å². The Morgan fingerprint density at radius 3 is 2.08 bits per heavy atom. The third kappa shape index (κ3) is 3.44. The highest BCUT2D eigenvalue weighted by Crippen LogP contribution is 2.60. The molecule has 2 unspecified atom stereocenters. The van der Waals surface area contributed by atoms with Crippen molar-refractivity contribution in [2.45, 2.75) is 70.4 Å². The largest absolute Gasteiger partial charge is 0.391 e. The van der Waals surface area contributed by atoms with E-state index in [1.54, 1.807) is 4.90 Å². The summed E-state index contributed by atoms with van der Waals surface area (Å²) in [5, 5.41) is 0. The van der Waals surface area contributed by atoms with Gasteiger partial charge in [0.05, 0.1) is 5.92 Å². The van der Waals surface area contributed by atoms with Crippen molar-refractivity contribution in [2.24, 2.45) is 35.0 Å². The minimum absolute atomic E-state index is 0.00640. The van der Waals surface area contributed by atoms with Crippen LogP contribution in [0.3, 0.4) is 0 Å². The van der Waals surface area contributed by atoms with Crippen molar-refractivity contribution in [3.8, 4) is 0 Å².